The van der Waals surface area contributed by atoms with Crippen molar-refractivity contribution in [2.45, 2.75) is 6.92 Å². The Morgan fingerprint density at radius 3 is 2.56 bits per heavy atom. The first-order valence-corrected chi connectivity index (χ1v) is 8.43. The standard InChI is InChI=1S/C20H20ClNO5/c1-13-10-15(21)6-7-16(13)22-19(23)12-27-17-8-4-14(11-18(17)25-2)5-9-20(24)26-3/h4-11H,12H2,1-3H3,(H,22,23). The van der Waals surface area contributed by atoms with Crippen LogP contribution >= 0.6 is 11.6 Å². The number of hydrogen-bond donors (Lipinski definition) is 1. The Morgan fingerprint density at radius 2 is 1.89 bits per heavy atom. The topological polar surface area (TPSA) is 73.9 Å². The lowest BCUT2D eigenvalue weighted by molar-refractivity contribution is -0.134. The summed E-state index contributed by atoms with van der Waals surface area (Å²) < 4.78 is 15.4. The van der Waals surface area contributed by atoms with E-state index in [1.54, 1.807) is 42.5 Å². The van der Waals surface area contributed by atoms with Crippen molar-refractivity contribution in [3.63, 3.8) is 0 Å². The average molecular weight is 390 g/mol. The van der Waals surface area contributed by atoms with E-state index >= 15 is 0 Å². The molecule has 0 fully saturated rings. The number of esters is 1. The Labute approximate surface area is 162 Å². The van der Waals surface area contributed by atoms with Gasteiger partial charge < -0.3 is 19.5 Å². The van der Waals surface area contributed by atoms with E-state index in [0.717, 1.165) is 11.1 Å². The van der Waals surface area contributed by atoms with Crippen molar-refractivity contribution in [2.75, 3.05) is 26.1 Å². The quantitative estimate of drug-likeness (QED) is 0.575. The molecule has 0 saturated carbocycles. The number of methoxy groups -OCH3 is 2. The third kappa shape index (κ3) is 6.04. The zero-order valence-corrected chi connectivity index (χ0v) is 16.0. The molecule has 0 aliphatic carbocycles. The number of benzene rings is 2. The lowest BCUT2D eigenvalue weighted by Gasteiger charge is -2.12. The lowest BCUT2D eigenvalue weighted by atomic mass is 10.2. The molecule has 0 bridgehead atoms. The number of rotatable bonds is 7. The van der Waals surface area contributed by atoms with Gasteiger partial charge in [-0.05, 0) is 54.5 Å². The summed E-state index contributed by atoms with van der Waals surface area (Å²) >= 11 is 5.91. The number of nitrogens with one attached hydrogen (secondary N) is 1. The molecule has 0 aliphatic heterocycles. The molecule has 1 N–H and O–H groups in total. The fourth-order valence-corrected chi connectivity index (χ4v) is 2.46. The van der Waals surface area contributed by atoms with Gasteiger partial charge in [-0.3, -0.25) is 4.79 Å². The number of carbonyl (C=O) groups excluding carboxylic acids is 2. The molecular weight excluding hydrogens is 370 g/mol. The number of halogens is 1. The SMILES string of the molecule is COC(=O)C=Cc1ccc(OCC(=O)Nc2ccc(Cl)cc2C)c(OC)c1. The van der Waals surface area contributed by atoms with Crippen molar-refractivity contribution in [1.82, 2.24) is 0 Å². The zero-order chi connectivity index (χ0) is 19.8. The second kappa shape index (κ2) is 9.64. The number of anilines is 1. The molecule has 142 valence electrons. The van der Waals surface area contributed by atoms with Gasteiger partial charge >= 0.3 is 5.97 Å². The lowest BCUT2D eigenvalue weighted by Crippen LogP contribution is -2.20. The summed E-state index contributed by atoms with van der Waals surface area (Å²) in [6.45, 7) is 1.67. The highest BCUT2D eigenvalue weighted by Crippen LogP contribution is 2.28. The molecule has 0 aliphatic rings. The van der Waals surface area contributed by atoms with Crippen molar-refractivity contribution in [2.24, 2.45) is 0 Å². The fourth-order valence-electron chi connectivity index (χ4n) is 2.24. The van der Waals surface area contributed by atoms with Crippen LogP contribution < -0.4 is 14.8 Å². The van der Waals surface area contributed by atoms with Crippen LogP contribution in [-0.2, 0) is 14.3 Å². The van der Waals surface area contributed by atoms with Crippen LogP contribution in [0.15, 0.2) is 42.5 Å². The van der Waals surface area contributed by atoms with Crippen LogP contribution in [0.5, 0.6) is 11.5 Å². The minimum atomic E-state index is -0.455. The summed E-state index contributed by atoms with van der Waals surface area (Å²) in [5.41, 5.74) is 2.25. The van der Waals surface area contributed by atoms with Crippen LogP contribution in [0.3, 0.4) is 0 Å². The summed E-state index contributed by atoms with van der Waals surface area (Å²) in [6.07, 6.45) is 2.89. The number of carbonyl (C=O) groups is 2. The molecule has 2 rings (SSSR count). The van der Waals surface area contributed by atoms with Gasteiger partial charge in [0.1, 0.15) is 0 Å². The number of ether oxygens (including phenoxy) is 3. The minimum absolute atomic E-state index is 0.185. The van der Waals surface area contributed by atoms with Crippen molar-refractivity contribution >= 4 is 35.2 Å². The molecule has 0 saturated heterocycles. The van der Waals surface area contributed by atoms with Gasteiger partial charge in [0.05, 0.1) is 14.2 Å². The minimum Gasteiger partial charge on any atom is -0.493 e. The highest BCUT2D eigenvalue weighted by Gasteiger charge is 2.10. The van der Waals surface area contributed by atoms with Gasteiger partial charge in [-0.25, -0.2) is 4.79 Å². The summed E-state index contributed by atoms with van der Waals surface area (Å²) in [7, 11) is 2.80. The van der Waals surface area contributed by atoms with Gasteiger partial charge in [0.2, 0.25) is 0 Å². The Hall–Kier alpha value is -2.99. The Balaban J connectivity index is 2.01. The van der Waals surface area contributed by atoms with E-state index in [9.17, 15) is 9.59 Å². The van der Waals surface area contributed by atoms with Crippen LogP contribution in [-0.4, -0.2) is 32.7 Å². The largest absolute Gasteiger partial charge is 0.493 e. The molecule has 0 unspecified atom stereocenters. The van der Waals surface area contributed by atoms with E-state index in [-0.39, 0.29) is 12.5 Å². The highest BCUT2D eigenvalue weighted by atomic mass is 35.5. The van der Waals surface area contributed by atoms with Crippen molar-refractivity contribution in [1.29, 1.82) is 0 Å². The third-order valence-corrected chi connectivity index (χ3v) is 3.86. The first kappa shape index (κ1) is 20.3. The predicted molar refractivity (Wildman–Crippen MR) is 104 cm³/mol. The average Bonchev–Trinajstić information content (AvgIpc) is 2.66. The Bertz CT molecular complexity index is 863. The van der Waals surface area contributed by atoms with Crippen LogP contribution in [0.4, 0.5) is 5.69 Å². The Morgan fingerprint density at radius 1 is 1.11 bits per heavy atom. The van der Waals surface area contributed by atoms with E-state index < -0.39 is 5.97 Å². The van der Waals surface area contributed by atoms with E-state index in [0.29, 0.717) is 22.2 Å². The number of hydrogen-bond acceptors (Lipinski definition) is 5. The summed E-state index contributed by atoms with van der Waals surface area (Å²) in [4.78, 5) is 23.3. The highest BCUT2D eigenvalue weighted by molar-refractivity contribution is 6.30. The summed E-state index contributed by atoms with van der Waals surface area (Å²) in [6, 6.07) is 10.3. The molecule has 2 aromatic carbocycles. The van der Waals surface area contributed by atoms with E-state index in [4.69, 9.17) is 21.1 Å². The number of amides is 1. The second-order valence-electron chi connectivity index (χ2n) is 5.56. The van der Waals surface area contributed by atoms with E-state index in [1.807, 2.05) is 6.92 Å². The van der Waals surface area contributed by atoms with Gasteiger partial charge in [-0.2, -0.15) is 0 Å². The van der Waals surface area contributed by atoms with Crippen LogP contribution in [0.2, 0.25) is 5.02 Å². The predicted octanol–water partition coefficient (Wildman–Crippen LogP) is 3.86. The third-order valence-electron chi connectivity index (χ3n) is 3.62. The zero-order valence-electron chi connectivity index (χ0n) is 15.2. The molecule has 0 aromatic heterocycles. The molecule has 7 heteroatoms. The first-order chi connectivity index (χ1) is 12.9. The molecule has 2 aromatic rings. The normalized spacial score (nSPS) is 10.5. The van der Waals surface area contributed by atoms with Gasteiger partial charge in [-0.1, -0.05) is 17.7 Å². The summed E-state index contributed by atoms with van der Waals surface area (Å²) in [5.74, 6) is 0.0915. The van der Waals surface area contributed by atoms with Crippen molar-refractivity contribution in [3.8, 4) is 11.5 Å². The molecule has 0 radical (unpaired) electrons. The number of aryl methyl sites for hydroxylation is 1. The van der Waals surface area contributed by atoms with Gasteiger partial charge in [0.15, 0.2) is 18.1 Å². The van der Waals surface area contributed by atoms with Gasteiger partial charge in [0.25, 0.3) is 5.91 Å². The fraction of sp³-hybridized carbons (Fsp3) is 0.200. The van der Waals surface area contributed by atoms with Crippen molar-refractivity contribution in [3.05, 3.63) is 58.6 Å². The monoisotopic (exact) mass is 389 g/mol. The molecule has 27 heavy (non-hydrogen) atoms. The molecule has 0 atom stereocenters. The maximum Gasteiger partial charge on any atom is 0.330 e. The van der Waals surface area contributed by atoms with Crippen LogP contribution in [0.25, 0.3) is 6.08 Å². The van der Waals surface area contributed by atoms with Gasteiger partial charge in [-0.15, -0.1) is 0 Å². The van der Waals surface area contributed by atoms with Crippen molar-refractivity contribution < 1.29 is 23.8 Å². The van der Waals surface area contributed by atoms with E-state index in [2.05, 4.69) is 10.1 Å². The molecule has 0 spiro atoms. The van der Waals surface area contributed by atoms with Crippen LogP contribution in [0, 0.1) is 6.92 Å². The second-order valence-corrected chi connectivity index (χ2v) is 6.00. The molecular formula is C20H20ClNO5. The smallest absolute Gasteiger partial charge is 0.330 e. The van der Waals surface area contributed by atoms with Gasteiger partial charge in [0, 0.05) is 16.8 Å². The maximum absolute atomic E-state index is 12.1. The maximum atomic E-state index is 12.1. The first-order valence-electron chi connectivity index (χ1n) is 8.06. The van der Waals surface area contributed by atoms with E-state index in [1.165, 1.54) is 20.3 Å². The molecule has 1 amide bonds. The molecule has 6 nitrogen and oxygen atoms in total. The summed E-state index contributed by atoms with van der Waals surface area (Å²) in [5, 5.41) is 3.37. The van der Waals surface area contributed by atoms with Crippen LogP contribution in [0.1, 0.15) is 11.1 Å². The Kier molecular flexibility index (Phi) is 7.25. The molecule has 0 heterocycles.